The first-order valence-electron chi connectivity index (χ1n) is 14.1. The van der Waals surface area contributed by atoms with Crippen LogP contribution in [-0.2, 0) is 9.53 Å². The van der Waals surface area contributed by atoms with Crippen LogP contribution in [0.15, 0.2) is 83.9 Å². The van der Waals surface area contributed by atoms with Crippen molar-refractivity contribution in [1.29, 1.82) is 0 Å². The van der Waals surface area contributed by atoms with Gasteiger partial charge in [0.15, 0.2) is 12.0 Å². The van der Waals surface area contributed by atoms with Gasteiger partial charge in [-0.05, 0) is 77.7 Å². The zero-order chi connectivity index (χ0) is 30.4. The molecule has 0 saturated carbocycles. The van der Waals surface area contributed by atoms with Gasteiger partial charge in [0.1, 0.15) is 0 Å². The molecule has 4 aromatic rings. The summed E-state index contributed by atoms with van der Waals surface area (Å²) in [4.78, 5) is 18.1. The van der Waals surface area contributed by atoms with Crippen LogP contribution in [0.5, 0.6) is 0 Å². The van der Waals surface area contributed by atoms with Crippen LogP contribution in [0.25, 0.3) is 22.3 Å². The number of carbonyl (C=O) groups excluding carboxylic acids is 1. The molecule has 0 aliphatic carbocycles. The minimum absolute atomic E-state index is 0.0601. The lowest BCUT2D eigenvalue weighted by Gasteiger charge is -2.33. The van der Waals surface area contributed by atoms with Crippen LogP contribution in [0.3, 0.4) is 0 Å². The Labute approximate surface area is 258 Å². The average molecular weight is 600 g/mol. The molecule has 0 fully saturated rings. The molecule has 4 nitrogen and oxygen atoms in total. The molecule has 1 N–H and O–H groups in total. The zero-order valence-corrected chi connectivity index (χ0v) is 26.6. The largest absolute Gasteiger partial charge is 0.467 e. The summed E-state index contributed by atoms with van der Waals surface area (Å²) in [7, 11) is 0. The zero-order valence-electron chi connectivity index (χ0n) is 25.1. The third-order valence-electron chi connectivity index (χ3n) is 7.24. The minimum atomic E-state index is -0.547. The number of rotatable bonds is 4. The number of anilines is 1. The molecule has 1 aliphatic rings. The molecule has 0 radical (unpaired) electrons. The Morgan fingerprint density at radius 1 is 0.786 bits per heavy atom. The van der Waals surface area contributed by atoms with E-state index in [-0.39, 0.29) is 11.3 Å². The van der Waals surface area contributed by atoms with Crippen molar-refractivity contribution in [2.45, 2.75) is 54.6 Å². The van der Waals surface area contributed by atoms with E-state index in [0.717, 1.165) is 50.3 Å². The van der Waals surface area contributed by atoms with Gasteiger partial charge >= 0.3 is 0 Å². The Bertz CT molecular complexity index is 1680. The summed E-state index contributed by atoms with van der Waals surface area (Å²) in [6.45, 7) is 14.1. The topological polar surface area (TPSA) is 50.7 Å². The number of nitrogens with zero attached hydrogens (tertiary/aromatic N) is 1. The molecule has 216 valence electrons. The fraction of sp³-hybridized carbons (Fsp3) is 0.278. The number of aryl methyl sites for hydroxylation is 1. The molecule has 6 heteroatoms. The van der Waals surface area contributed by atoms with Crippen LogP contribution in [0.1, 0.15) is 64.3 Å². The third kappa shape index (κ3) is 6.25. The molecule has 1 unspecified atom stereocenters. The summed E-state index contributed by atoms with van der Waals surface area (Å²) < 4.78 is 6.73. The number of ether oxygens (including phenoxy) is 1. The van der Waals surface area contributed by atoms with E-state index in [2.05, 4.69) is 51.2 Å². The number of benzene rings is 4. The van der Waals surface area contributed by atoms with Crippen LogP contribution >= 0.6 is 23.2 Å². The van der Waals surface area contributed by atoms with Crippen molar-refractivity contribution in [3.05, 3.63) is 106 Å². The van der Waals surface area contributed by atoms with Gasteiger partial charge in [-0.2, -0.15) is 0 Å². The van der Waals surface area contributed by atoms with Gasteiger partial charge in [-0.15, -0.1) is 0 Å². The second-order valence-corrected chi connectivity index (χ2v) is 13.8. The Morgan fingerprint density at radius 3 is 1.90 bits per heavy atom. The van der Waals surface area contributed by atoms with Gasteiger partial charge < -0.3 is 10.1 Å². The number of halogens is 2. The second kappa shape index (κ2) is 11.2. The molecule has 1 heterocycles. The van der Waals surface area contributed by atoms with Crippen molar-refractivity contribution in [2.75, 3.05) is 5.32 Å². The quantitative estimate of drug-likeness (QED) is 0.254. The fourth-order valence-electron chi connectivity index (χ4n) is 4.89. The van der Waals surface area contributed by atoms with Crippen molar-refractivity contribution >= 4 is 46.4 Å². The molecule has 4 aromatic carbocycles. The Kier molecular flexibility index (Phi) is 8.00. The van der Waals surface area contributed by atoms with E-state index in [4.69, 9.17) is 32.9 Å². The predicted octanol–water partition coefficient (Wildman–Crippen LogP) is 10.8. The number of fused-ring (bicyclic) bond motifs is 1. The van der Waals surface area contributed by atoms with Gasteiger partial charge in [0.2, 0.25) is 5.91 Å². The predicted molar refractivity (Wildman–Crippen MR) is 176 cm³/mol. The van der Waals surface area contributed by atoms with Crippen molar-refractivity contribution in [1.82, 2.24) is 0 Å². The van der Waals surface area contributed by atoms with Crippen molar-refractivity contribution in [2.24, 2.45) is 15.8 Å². The first-order chi connectivity index (χ1) is 19.7. The number of aliphatic imine (C=N–C) groups is 1. The number of amides is 1. The molecule has 0 saturated heterocycles. The second-order valence-electron chi connectivity index (χ2n) is 12.9. The number of carbonyl (C=O) groups is 1. The maximum absolute atomic E-state index is 13.0. The average Bonchev–Trinajstić information content (AvgIpc) is 2.92. The third-order valence-corrected chi connectivity index (χ3v) is 7.74. The van der Waals surface area contributed by atoms with Crippen LogP contribution in [-0.4, -0.2) is 11.8 Å². The van der Waals surface area contributed by atoms with Gasteiger partial charge in [-0.25, -0.2) is 4.99 Å². The lowest BCUT2D eigenvalue weighted by molar-refractivity contribution is -0.123. The van der Waals surface area contributed by atoms with Gasteiger partial charge in [0, 0.05) is 43.3 Å². The van der Waals surface area contributed by atoms with Crippen LogP contribution in [0, 0.1) is 17.8 Å². The first kappa shape index (κ1) is 29.9. The summed E-state index contributed by atoms with van der Waals surface area (Å²) in [6.07, 6.45) is -0.406. The van der Waals surface area contributed by atoms with Crippen LogP contribution in [0.2, 0.25) is 10.0 Å². The van der Waals surface area contributed by atoms with E-state index < -0.39 is 11.5 Å². The normalized spacial score (nSPS) is 15.0. The van der Waals surface area contributed by atoms with E-state index in [9.17, 15) is 4.79 Å². The Hall–Kier alpha value is -3.60. The van der Waals surface area contributed by atoms with E-state index in [0.29, 0.717) is 15.9 Å². The summed E-state index contributed by atoms with van der Waals surface area (Å²) in [5.41, 5.74) is 7.70. The summed E-state index contributed by atoms with van der Waals surface area (Å²) in [5, 5.41) is 4.48. The molecule has 1 atom stereocenters. The highest BCUT2D eigenvalue weighted by Gasteiger charge is 2.34. The summed E-state index contributed by atoms with van der Waals surface area (Å²) in [6, 6.07) is 25.9. The van der Waals surface area contributed by atoms with E-state index >= 15 is 0 Å². The highest BCUT2D eigenvalue weighted by molar-refractivity contribution is 6.31. The van der Waals surface area contributed by atoms with E-state index in [1.807, 2.05) is 81.4 Å². The van der Waals surface area contributed by atoms with Gasteiger partial charge in [0.05, 0.1) is 5.69 Å². The first-order valence-corrected chi connectivity index (χ1v) is 14.8. The monoisotopic (exact) mass is 598 g/mol. The molecule has 0 bridgehead atoms. The van der Waals surface area contributed by atoms with Crippen molar-refractivity contribution in [3.63, 3.8) is 0 Å². The SMILES string of the molecule is Cc1cc(-c2ccc(Cl)cc2)c2c(c1)C(c1ccc(NC(=O)C(C)(C)C)c(-c3ccc(Cl)cc3)c1)OC(C(C)(C)C)=N2. The van der Waals surface area contributed by atoms with Crippen LogP contribution in [0.4, 0.5) is 11.4 Å². The fourth-order valence-corrected chi connectivity index (χ4v) is 5.14. The van der Waals surface area contributed by atoms with Gasteiger partial charge in [0.25, 0.3) is 0 Å². The maximum Gasteiger partial charge on any atom is 0.229 e. The highest BCUT2D eigenvalue weighted by Crippen LogP contribution is 2.47. The Balaban J connectivity index is 1.70. The molecule has 5 rings (SSSR count). The lowest BCUT2D eigenvalue weighted by atomic mass is 9.88. The number of nitrogens with one attached hydrogen (secondary N) is 1. The lowest BCUT2D eigenvalue weighted by Crippen LogP contribution is -2.29. The Morgan fingerprint density at radius 2 is 1.36 bits per heavy atom. The van der Waals surface area contributed by atoms with Gasteiger partial charge in [-0.1, -0.05) is 95.1 Å². The summed E-state index contributed by atoms with van der Waals surface area (Å²) >= 11 is 12.5. The van der Waals surface area contributed by atoms with Gasteiger partial charge in [-0.3, -0.25) is 4.79 Å². The molecule has 1 amide bonds. The molecule has 0 aromatic heterocycles. The maximum atomic E-state index is 13.0. The minimum Gasteiger partial charge on any atom is -0.467 e. The summed E-state index contributed by atoms with van der Waals surface area (Å²) in [5.74, 6) is 0.604. The number of hydrogen-bond acceptors (Lipinski definition) is 3. The molecular formula is C36H36Cl2N2O2. The van der Waals surface area contributed by atoms with E-state index in [1.165, 1.54) is 0 Å². The molecular weight excluding hydrogens is 563 g/mol. The number of hydrogen-bond donors (Lipinski definition) is 1. The molecule has 1 aliphatic heterocycles. The molecule has 42 heavy (non-hydrogen) atoms. The van der Waals surface area contributed by atoms with Crippen LogP contribution < -0.4 is 5.32 Å². The standard InChI is InChI=1S/C36H36Cl2N2O2/c1-21-18-28(23-10-15-26(38)16-11-23)31-29(19-21)32(42-34(40-31)36(5,6)7)24-12-17-30(39-33(41)35(2,3)4)27(20-24)22-8-13-25(37)14-9-22/h8-20,32H,1-7H3,(H,39,41). The highest BCUT2D eigenvalue weighted by atomic mass is 35.5. The smallest absolute Gasteiger partial charge is 0.229 e. The molecule has 0 spiro atoms. The van der Waals surface area contributed by atoms with Crippen molar-refractivity contribution < 1.29 is 9.53 Å². The van der Waals surface area contributed by atoms with Crippen molar-refractivity contribution in [3.8, 4) is 22.3 Å². The van der Waals surface area contributed by atoms with E-state index in [1.54, 1.807) is 0 Å².